The highest BCUT2D eigenvalue weighted by atomic mass is 16.6. The van der Waals surface area contributed by atoms with Gasteiger partial charge in [0.15, 0.2) is 0 Å². The van der Waals surface area contributed by atoms with E-state index in [4.69, 9.17) is 9.47 Å². The maximum absolute atomic E-state index is 15.4. The Kier molecular flexibility index (Phi) is 10.5. The minimum Gasteiger partial charge on any atom is -0.455 e. The van der Waals surface area contributed by atoms with E-state index in [9.17, 15) is 14.7 Å². The summed E-state index contributed by atoms with van der Waals surface area (Å²) in [6.45, 7) is 12.1. The summed E-state index contributed by atoms with van der Waals surface area (Å²) in [6, 6.07) is 16.3. The third-order valence-corrected chi connectivity index (χ3v) is 10.9. The lowest BCUT2D eigenvalue weighted by molar-refractivity contribution is -0.162. The molecule has 0 saturated carbocycles. The van der Waals surface area contributed by atoms with Gasteiger partial charge in [-0.05, 0) is 56.6 Å². The molecule has 5 bridgehead atoms. The highest BCUT2D eigenvalue weighted by Gasteiger charge is 2.74. The molecule has 4 heterocycles. The lowest BCUT2D eigenvalue weighted by Gasteiger charge is -2.46. The standard InChI is InChI=1S/C42H53N3O7/c1-27-35(29-18-12-8-13-19-29)51-39(50)33-31-21-22-42(52-31)34(33)37(48)45(30(25-46)24-28-16-10-7-11-17-28)36(42)38(49)44(41(5,6)26-40(2,3)4)23-15-9-14-20-32(47)43-27/h7-13,15-19,21-22,27,30-31,33-36,46H,14,20,23-26H2,1-6H3,(H,43,47)/b15-9-/t27-,30-,31+,33-,34-,35+,36+,42-/m1/s1. The average Bonchev–Trinajstić information content (AvgIpc) is 3.74. The van der Waals surface area contributed by atoms with Gasteiger partial charge >= 0.3 is 5.97 Å². The van der Waals surface area contributed by atoms with Crippen molar-refractivity contribution in [2.24, 2.45) is 17.3 Å². The number of aliphatic hydroxyl groups is 1. The first-order valence-electron chi connectivity index (χ1n) is 18.5. The number of nitrogens with one attached hydrogen (secondary N) is 1. The Labute approximate surface area is 307 Å². The number of carbonyl (C=O) groups excluding carboxylic acids is 4. The molecule has 10 heteroatoms. The van der Waals surface area contributed by atoms with Crippen molar-refractivity contribution in [2.45, 2.75) is 109 Å². The fourth-order valence-electron chi connectivity index (χ4n) is 9.08. The van der Waals surface area contributed by atoms with Crippen molar-refractivity contribution in [1.29, 1.82) is 0 Å². The van der Waals surface area contributed by atoms with Crippen molar-refractivity contribution in [2.75, 3.05) is 13.2 Å². The van der Waals surface area contributed by atoms with E-state index >= 15 is 9.59 Å². The first-order valence-corrected chi connectivity index (χ1v) is 18.5. The zero-order valence-electron chi connectivity index (χ0n) is 31.2. The maximum Gasteiger partial charge on any atom is 0.313 e. The number of hydrogen-bond donors (Lipinski definition) is 2. The van der Waals surface area contributed by atoms with Crippen LogP contribution in [0.4, 0.5) is 0 Å². The van der Waals surface area contributed by atoms with Crippen molar-refractivity contribution < 1.29 is 33.8 Å². The van der Waals surface area contributed by atoms with Gasteiger partial charge in [0, 0.05) is 18.5 Å². The number of benzene rings is 2. The Morgan fingerprint density at radius 1 is 0.942 bits per heavy atom. The zero-order chi connectivity index (χ0) is 37.4. The predicted octanol–water partition coefficient (Wildman–Crippen LogP) is 4.92. The number of carbonyl (C=O) groups is 4. The Balaban J connectivity index is 1.48. The zero-order valence-corrected chi connectivity index (χ0v) is 31.2. The van der Waals surface area contributed by atoms with Gasteiger partial charge in [0.2, 0.25) is 17.7 Å². The molecule has 6 rings (SSSR count). The molecule has 2 saturated heterocycles. The first-order chi connectivity index (χ1) is 24.7. The maximum atomic E-state index is 15.4. The highest BCUT2D eigenvalue weighted by Crippen LogP contribution is 2.57. The second-order valence-electron chi connectivity index (χ2n) is 16.6. The smallest absolute Gasteiger partial charge is 0.313 e. The molecule has 0 aromatic heterocycles. The average molecular weight is 712 g/mol. The lowest BCUT2D eigenvalue weighted by Crippen LogP contribution is -2.62. The molecule has 2 N–H and O–H groups in total. The number of aliphatic hydroxyl groups excluding tert-OH is 1. The molecule has 2 fully saturated rings. The van der Waals surface area contributed by atoms with Gasteiger partial charge in [-0.3, -0.25) is 19.2 Å². The molecule has 1 spiro atoms. The molecule has 4 aliphatic rings. The topological polar surface area (TPSA) is 125 Å². The van der Waals surface area contributed by atoms with Crippen molar-refractivity contribution in [3.63, 3.8) is 0 Å². The fourth-order valence-corrected chi connectivity index (χ4v) is 9.08. The number of hydrogen-bond acceptors (Lipinski definition) is 7. The number of fused-ring (bicyclic) bond motifs is 2. The Morgan fingerprint density at radius 2 is 1.62 bits per heavy atom. The van der Waals surface area contributed by atoms with Gasteiger partial charge in [-0.25, -0.2) is 0 Å². The van der Waals surface area contributed by atoms with Gasteiger partial charge in [0.05, 0.1) is 30.7 Å². The summed E-state index contributed by atoms with van der Waals surface area (Å²) in [5.74, 6) is -3.69. The van der Waals surface area contributed by atoms with Gasteiger partial charge in [-0.1, -0.05) is 106 Å². The molecule has 0 aliphatic carbocycles. The molecular formula is C42H53N3O7. The SMILES string of the molecule is C[C@H]1NC(=O)CC/C=C\CN(C(C)(C)CC(C)(C)C)C(=O)[C@@H]2N([C@@H](CO)Cc3ccccc3)C(=O)[C@H]3[C@H](C(=O)O[C@@H]1c1ccccc1)[C@@H]1C=C[C@]23O1. The Bertz CT molecular complexity index is 1700. The summed E-state index contributed by atoms with van der Waals surface area (Å²) in [6.07, 6.45) is 7.35. The van der Waals surface area contributed by atoms with E-state index in [-0.39, 0.29) is 30.2 Å². The first kappa shape index (κ1) is 37.5. The van der Waals surface area contributed by atoms with Crippen molar-refractivity contribution >= 4 is 23.7 Å². The molecule has 10 nitrogen and oxygen atoms in total. The predicted molar refractivity (Wildman–Crippen MR) is 196 cm³/mol. The van der Waals surface area contributed by atoms with Crippen LogP contribution in [0.1, 0.15) is 78.0 Å². The highest BCUT2D eigenvalue weighted by molar-refractivity contribution is 5.99. The monoisotopic (exact) mass is 711 g/mol. The van der Waals surface area contributed by atoms with Crippen LogP contribution in [0.15, 0.2) is 85.0 Å². The Morgan fingerprint density at radius 3 is 2.27 bits per heavy atom. The lowest BCUT2D eigenvalue weighted by atomic mass is 9.74. The second kappa shape index (κ2) is 14.6. The minimum atomic E-state index is -1.46. The fraction of sp³-hybridized carbons (Fsp3) is 0.524. The number of rotatable bonds is 7. The van der Waals surface area contributed by atoms with Gasteiger partial charge in [-0.15, -0.1) is 0 Å². The van der Waals surface area contributed by atoms with E-state index in [1.54, 1.807) is 24.0 Å². The van der Waals surface area contributed by atoms with Gasteiger partial charge in [0.1, 0.15) is 23.7 Å². The molecule has 0 radical (unpaired) electrons. The third kappa shape index (κ3) is 7.20. The van der Waals surface area contributed by atoms with E-state index in [1.165, 1.54) is 4.90 Å². The molecule has 4 aliphatic heterocycles. The van der Waals surface area contributed by atoms with Crippen LogP contribution in [0.2, 0.25) is 0 Å². The summed E-state index contributed by atoms with van der Waals surface area (Å²) in [7, 11) is 0. The van der Waals surface area contributed by atoms with E-state index in [1.807, 2.05) is 86.7 Å². The van der Waals surface area contributed by atoms with E-state index in [0.29, 0.717) is 24.8 Å². The molecule has 2 aromatic carbocycles. The minimum absolute atomic E-state index is 0.144. The largest absolute Gasteiger partial charge is 0.455 e. The molecule has 278 valence electrons. The number of allylic oxidation sites excluding steroid dienone is 1. The number of nitrogens with zero attached hydrogens (tertiary/aromatic N) is 2. The van der Waals surface area contributed by atoms with Crippen molar-refractivity contribution in [3.05, 3.63) is 96.1 Å². The molecule has 8 atom stereocenters. The van der Waals surface area contributed by atoms with Crippen molar-refractivity contribution in [3.8, 4) is 0 Å². The normalized spacial score (nSPS) is 31.0. The van der Waals surface area contributed by atoms with Crippen molar-refractivity contribution in [1.82, 2.24) is 15.1 Å². The number of esters is 1. The van der Waals surface area contributed by atoms with Crippen LogP contribution in [0, 0.1) is 17.3 Å². The van der Waals surface area contributed by atoms with Gasteiger partial charge < -0.3 is 29.7 Å². The van der Waals surface area contributed by atoms with Crippen LogP contribution >= 0.6 is 0 Å². The van der Waals surface area contributed by atoms with Crippen LogP contribution in [0.3, 0.4) is 0 Å². The molecule has 2 aromatic rings. The third-order valence-electron chi connectivity index (χ3n) is 10.9. The van der Waals surface area contributed by atoms with E-state index in [0.717, 1.165) is 5.56 Å². The van der Waals surface area contributed by atoms with Gasteiger partial charge in [0.25, 0.3) is 0 Å². The van der Waals surface area contributed by atoms with Crippen LogP contribution in [-0.4, -0.2) is 87.1 Å². The van der Waals surface area contributed by atoms with Crippen LogP contribution in [0.25, 0.3) is 0 Å². The van der Waals surface area contributed by atoms with Crippen LogP contribution in [-0.2, 0) is 35.1 Å². The summed E-state index contributed by atoms with van der Waals surface area (Å²) in [5, 5.41) is 14.0. The second-order valence-corrected chi connectivity index (χ2v) is 16.6. The van der Waals surface area contributed by atoms with Crippen LogP contribution < -0.4 is 5.32 Å². The summed E-state index contributed by atoms with van der Waals surface area (Å²) < 4.78 is 13.0. The number of amides is 3. The number of ether oxygens (including phenoxy) is 2. The van der Waals surface area contributed by atoms with Crippen LogP contribution in [0.5, 0.6) is 0 Å². The molecule has 3 amide bonds. The Hall–Kier alpha value is -4.28. The van der Waals surface area contributed by atoms with E-state index < -0.39 is 71.8 Å². The number of likely N-dealkylation sites (tertiary alicyclic amines) is 1. The van der Waals surface area contributed by atoms with Gasteiger partial charge in [-0.2, -0.15) is 0 Å². The summed E-state index contributed by atoms with van der Waals surface area (Å²) in [5.41, 5.74) is -0.675. The quantitative estimate of drug-likeness (QED) is 0.309. The summed E-state index contributed by atoms with van der Waals surface area (Å²) >= 11 is 0. The number of cyclic esters (lactones) is 1. The molecule has 0 unspecified atom stereocenters. The summed E-state index contributed by atoms with van der Waals surface area (Å²) in [4.78, 5) is 61.3. The molecule has 52 heavy (non-hydrogen) atoms. The van der Waals surface area contributed by atoms with E-state index in [2.05, 4.69) is 26.1 Å². The molecular weight excluding hydrogens is 658 g/mol.